The van der Waals surface area contributed by atoms with E-state index in [-0.39, 0.29) is 18.9 Å². The van der Waals surface area contributed by atoms with Crippen molar-refractivity contribution in [2.45, 2.75) is 18.9 Å². The zero-order valence-electron chi connectivity index (χ0n) is 16.2. The number of halogens is 1. The fourth-order valence-corrected chi connectivity index (χ4v) is 3.81. The van der Waals surface area contributed by atoms with E-state index in [2.05, 4.69) is 5.32 Å². The highest BCUT2D eigenvalue weighted by atomic mass is 35.5. The predicted octanol–water partition coefficient (Wildman–Crippen LogP) is 2.04. The molecule has 1 aliphatic rings. The number of methoxy groups -OCH3 is 2. The molecule has 1 aliphatic heterocycles. The zero-order valence-corrected chi connectivity index (χ0v) is 17.0. The Bertz CT molecular complexity index is 918. The van der Waals surface area contributed by atoms with E-state index in [1.165, 1.54) is 7.11 Å². The molecular formula is C21H22ClN2O5-. The van der Waals surface area contributed by atoms with Crippen molar-refractivity contribution in [3.05, 3.63) is 52.5 Å². The van der Waals surface area contributed by atoms with Gasteiger partial charge >= 0.3 is 0 Å². The van der Waals surface area contributed by atoms with E-state index in [1.807, 2.05) is 11.0 Å². The first-order valence-electron chi connectivity index (χ1n) is 9.15. The second-order valence-corrected chi connectivity index (χ2v) is 7.21. The normalized spacial score (nSPS) is 16.0. The van der Waals surface area contributed by atoms with E-state index in [0.717, 1.165) is 11.1 Å². The molecule has 1 N–H and O–H groups in total. The lowest BCUT2D eigenvalue weighted by molar-refractivity contribution is -0.307. The summed E-state index contributed by atoms with van der Waals surface area (Å²) in [7, 11) is 3.08. The minimum absolute atomic E-state index is 0.0399. The van der Waals surface area contributed by atoms with Crippen LogP contribution in [0.3, 0.4) is 0 Å². The third kappa shape index (κ3) is 4.99. The summed E-state index contributed by atoms with van der Waals surface area (Å²) < 4.78 is 10.7. The summed E-state index contributed by atoms with van der Waals surface area (Å²) in [5.41, 5.74) is 2.36. The number of aliphatic carboxylic acids is 1. The van der Waals surface area contributed by atoms with Gasteiger partial charge in [-0.2, -0.15) is 0 Å². The van der Waals surface area contributed by atoms with E-state index in [9.17, 15) is 14.7 Å². The number of rotatable bonds is 7. The average Bonchev–Trinajstić information content (AvgIpc) is 2.68. The maximum atomic E-state index is 12.6. The Morgan fingerprint density at radius 3 is 2.59 bits per heavy atom. The molecule has 1 heterocycles. The molecule has 2 aromatic rings. The summed E-state index contributed by atoms with van der Waals surface area (Å²) in [5.74, 6) is -0.331. The van der Waals surface area contributed by atoms with Gasteiger partial charge in [0, 0.05) is 35.7 Å². The summed E-state index contributed by atoms with van der Waals surface area (Å²) in [5, 5.41) is 14.7. The van der Waals surface area contributed by atoms with Crippen LogP contribution in [-0.2, 0) is 16.0 Å². The second kappa shape index (κ2) is 9.15. The van der Waals surface area contributed by atoms with Crippen LogP contribution in [0.15, 0.2) is 36.4 Å². The standard InChI is InChI=1S/C21H23ClN2O5/c1-28-18-8-13-6-7-24(12-20(25)23-15-5-3-4-14(22)9-15)17(11-21(26)27)16(13)10-19(18)29-2/h3-5,8-10,17H,6-7,11-12H2,1-2H3,(H,23,25)(H,26,27)/p-1. The monoisotopic (exact) mass is 417 g/mol. The van der Waals surface area contributed by atoms with Gasteiger partial charge in [-0.3, -0.25) is 9.69 Å². The van der Waals surface area contributed by atoms with Crippen LogP contribution in [0.1, 0.15) is 23.6 Å². The van der Waals surface area contributed by atoms with Crippen LogP contribution in [0.4, 0.5) is 5.69 Å². The molecule has 0 radical (unpaired) electrons. The van der Waals surface area contributed by atoms with E-state index >= 15 is 0 Å². The SMILES string of the molecule is COc1cc2c(cc1OC)C(CC(=O)[O-])N(CC(=O)Nc1cccc(Cl)c1)CC2. The van der Waals surface area contributed by atoms with Crippen molar-refractivity contribution in [1.29, 1.82) is 0 Å². The molecule has 1 atom stereocenters. The largest absolute Gasteiger partial charge is 0.550 e. The molecule has 0 aromatic heterocycles. The molecule has 1 unspecified atom stereocenters. The molecule has 7 nitrogen and oxygen atoms in total. The number of carboxylic acids is 1. The third-order valence-corrected chi connectivity index (χ3v) is 5.16. The summed E-state index contributed by atoms with van der Waals surface area (Å²) in [4.78, 5) is 25.8. The summed E-state index contributed by atoms with van der Waals surface area (Å²) in [6.45, 7) is 0.571. The second-order valence-electron chi connectivity index (χ2n) is 6.78. The smallest absolute Gasteiger partial charge is 0.238 e. The molecule has 8 heteroatoms. The number of hydrogen-bond donors (Lipinski definition) is 1. The Morgan fingerprint density at radius 2 is 1.93 bits per heavy atom. The van der Waals surface area contributed by atoms with Gasteiger partial charge < -0.3 is 24.7 Å². The van der Waals surface area contributed by atoms with Crippen molar-refractivity contribution >= 4 is 29.2 Å². The van der Waals surface area contributed by atoms with Gasteiger partial charge in [0.1, 0.15) is 0 Å². The van der Waals surface area contributed by atoms with Crippen molar-refractivity contribution < 1.29 is 24.2 Å². The minimum atomic E-state index is -1.18. The van der Waals surface area contributed by atoms with Crippen LogP contribution >= 0.6 is 11.6 Å². The van der Waals surface area contributed by atoms with E-state index in [1.54, 1.807) is 37.4 Å². The maximum absolute atomic E-state index is 12.6. The highest BCUT2D eigenvalue weighted by molar-refractivity contribution is 6.30. The molecule has 0 spiro atoms. The van der Waals surface area contributed by atoms with E-state index in [0.29, 0.717) is 35.2 Å². The maximum Gasteiger partial charge on any atom is 0.238 e. The molecule has 29 heavy (non-hydrogen) atoms. The van der Waals surface area contributed by atoms with Crippen molar-refractivity contribution in [2.75, 3.05) is 32.6 Å². The van der Waals surface area contributed by atoms with Crippen molar-refractivity contribution in [3.63, 3.8) is 0 Å². The predicted molar refractivity (Wildman–Crippen MR) is 107 cm³/mol. The van der Waals surface area contributed by atoms with E-state index in [4.69, 9.17) is 21.1 Å². The lowest BCUT2D eigenvalue weighted by atomic mass is 9.90. The Hall–Kier alpha value is -2.77. The Morgan fingerprint density at radius 1 is 1.21 bits per heavy atom. The van der Waals surface area contributed by atoms with Gasteiger partial charge in [0.25, 0.3) is 0 Å². The Balaban J connectivity index is 1.83. The Kier molecular flexibility index (Phi) is 6.61. The number of ether oxygens (including phenoxy) is 2. The number of carbonyl (C=O) groups is 2. The third-order valence-electron chi connectivity index (χ3n) is 4.93. The highest BCUT2D eigenvalue weighted by Crippen LogP contribution is 2.39. The molecule has 0 saturated carbocycles. The Labute approximate surface area is 174 Å². The molecule has 2 aromatic carbocycles. The molecule has 154 valence electrons. The summed E-state index contributed by atoms with van der Waals surface area (Å²) in [6.07, 6.45) is 0.427. The van der Waals surface area contributed by atoms with Crippen LogP contribution in [0.5, 0.6) is 11.5 Å². The number of nitrogens with one attached hydrogen (secondary N) is 1. The van der Waals surface area contributed by atoms with Gasteiger partial charge in [0.15, 0.2) is 11.5 Å². The average molecular weight is 418 g/mol. The van der Waals surface area contributed by atoms with Gasteiger partial charge in [-0.25, -0.2) is 0 Å². The van der Waals surface area contributed by atoms with Gasteiger partial charge in [0.2, 0.25) is 5.91 Å². The van der Waals surface area contributed by atoms with Crippen molar-refractivity contribution in [2.24, 2.45) is 0 Å². The number of amides is 1. The number of carbonyl (C=O) groups excluding carboxylic acids is 2. The number of fused-ring (bicyclic) bond motifs is 1. The van der Waals surface area contributed by atoms with Crippen molar-refractivity contribution in [1.82, 2.24) is 4.90 Å². The van der Waals surface area contributed by atoms with Crippen molar-refractivity contribution in [3.8, 4) is 11.5 Å². The molecule has 0 bridgehead atoms. The lowest BCUT2D eigenvalue weighted by Gasteiger charge is -2.37. The number of benzene rings is 2. The first-order valence-corrected chi connectivity index (χ1v) is 9.53. The quantitative estimate of drug-likeness (QED) is 0.741. The van der Waals surface area contributed by atoms with Gasteiger partial charge in [0.05, 0.1) is 20.8 Å². The fraction of sp³-hybridized carbons (Fsp3) is 0.333. The van der Waals surface area contributed by atoms with Crippen LogP contribution in [0.25, 0.3) is 0 Å². The summed E-state index contributed by atoms with van der Waals surface area (Å²) >= 11 is 5.95. The molecule has 3 rings (SSSR count). The minimum Gasteiger partial charge on any atom is -0.550 e. The van der Waals surface area contributed by atoms with Gasteiger partial charge in [-0.15, -0.1) is 0 Å². The molecule has 0 aliphatic carbocycles. The number of nitrogens with zero attached hydrogens (tertiary/aromatic N) is 1. The van der Waals surface area contributed by atoms with Crippen LogP contribution in [0.2, 0.25) is 5.02 Å². The molecule has 1 amide bonds. The van der Waals surface area contributed by atoms with Crippen LogP contribution in [0, 0.1) is 0 Å². The highest BCUT2D eigenvalue weighted by Gasteiger charge is 2.30. The lowest BCUT2D eigenvalue weighted by Crippen LogP contribution is -2.43. The number of hydrogen-bond acceptors (Lipinski definition) is 6. The topological polar surface area (TPSA) is 90.9 Å². The first kappa shape index (κ1) is 21.0. The summed E-state index contributed by atoms with van der Waals surface area (Å²) in [6, 6.07) is 9.99. The molecular weight excluding hydrogens is 396 g/mol. The number of anilines is 1. The van der Waals surface area contributed by atoms with E-state index < -0.39 is 12.0 Å². The molecule has 0 saturated heterocycles. The van der Waals surface area contributed by atoms with Gasteiger partial charge in [-0.05, 0) is 47.9 Å². The van der Waals surface area contributed by atoms with Gasteiger partial charge in [-0.1, -0.05) is 17.7 Å². The zero-order chi connectivity index (χ0) is 21.0. The fourth-order valence-electron chi connectivity index (χ4n) is 3.62. The van der Waals surface area contributed by atoms with Crippen LogP contribution < -0.4 is 19.9 Å². The number of carboxylic acid groups (broad SMARTS) is 1. The van der Waals surface area contributed by atoms with Crippen LogP contribution in [-0.4, -0.2) is 44.1 Å². The first-order chi connectivity index (χ1) is 13.9. The molecule has 0 fully saturated rings.